The van der Waals surface area contributed by atoms with Crippen molar-refractivity contribution in [2.24, 2.45) is 5.92 Å². The largest absolute Gasteiger partial charge is 0.377 e. The normalized spacial score (nSPS) is 30.9. The fourth-order valence-corrected chi connectivity index (χ4v) is 2.41. The maximum Gasteiger partial charge on any atom is 0.0700 e. The van der Waals surface area contributed by atoms with Gasteiger partial charge < -0.3 is 10.1 Å². The van der Waals surface area contributed by atoms with Crippen molar-refractivity contribution >= 4 is 0 Å². The van der Waals surface area contributed by atoms with Crippen molar-refractivity contribution in [1.29, 1.82) is 0 Å². The van der Waals surface area contributed by atoms with E-state index in [0.717, 1.165) is 19.1 Å². The molecule has 0 aromatic rings. The van der Waals surface area contributed by atoms with E-state index in [4.69, 9.17) is 4.74 Å². The minimum atomic E-state index is 0.509. The molecular weight excluding hydrogens is 162 g/mol. The van der Waals surface area contributed by atoms with Crippen LogP contribution in [0.25, 0.3) is 0 Å². The molecule has 2 aliphatic rings. The third-order valence-electron chi connectivity index (χ3n) is 3.29. The Kier molecular flexibility index (Phi) is 3.62. The maximum absolute atomic E-state index is 5.90. The van der Waals surface area contributed by atoms with Crippen molar-refractivity contribution in [3.05, 3.63) is 0 Å². The Morgan fingerprint density at radius 3 is 2.62 bits per heavy atom. The van der Waals surface area contributed by atoms with E-state index in [1.165, 1.54) is 45.1 Å². The number of hydrogen-bond donors (Lipinski definition) is 1. The van der Waals surface area contributed by atoms with Crippen LogP contribution in [-0.2, 0) is 4.74 Å². The summed E-state index contributed by atoms with van der Waals surface area (Å²) in [5.74, 6) is 0.877. The van der Waals surface area contributed by atoms with Crippen molar-refractivity contribution in [3.63, 3.8) is 0 Å². The van der Waals surface area contributed by atoms with Gasteiger partial charge in [0.25, 0.3) is 0 Å². The molecule has 1 saturated carbocycles. The first-order chi connectivity index (χ1) is 6.45. The summed E-state index contributed by atoms with van der Waals surface area (Å²) in [5, 5.41) is 3.39. The average Bonchev–Trinajstić information content (AvgIpc) is 2.69. The number of piperidine rings is 1. The summed E-state index contributed by atoms with van der Waals surface area (Å²) in [4.78, 5) is 0. The maximum atomic E-state index is 5.90. The Hall–Kier alpha value is -0.0800. The van der Waals surface area contributed by atoms with Gasteiger partial charge in [-0.25, -0.2) is 0 Å². The molecule has 1 heterocycles. The molecule has 0 spiro atoms. The standard InChI is InChI=1S/C11H21NO/c1-2-5-10(4-1)9-13-11-6-3-7-12-8-11/h10-12H,1-9H2/t11-/m0/s1. The van der Waals surface area contributed by atoms with Crippen LogP contribution in [0.5, 0.6) is 0 Å². The van der Waals surface area contributed by atoms with Gasteiger partial charge in [0.1, 0.15) is 0 Å². The lowest BCUT2D eigenvalue weighted by Crippen LogP contribution is -2.36. The van der Waals surface area contributed by atoms with Gasteiger partial charge in [-0.1, -0.05) is 12.8 Å². The summed E-state index contributed by atoms with van der Waals surface area (Å²) in [6.07, 6.45) is 8.72. The Labute approximate surface area is 81.0 Å². The molecule has 1 N–H and O–H groups in total. The van der Waals surface area contributed by atoms with Gasteiger partial charge in [-0.05, 0) is 38.1 Å². The lowest BCUT2D eigenvalue weighted by Gasteiger charge is -2.24. The number of nitrogens with one attached hydrogen (secondary N) is 1. The van der Waals surface area contributed by atoms with Crippen LogP contribution in [0.15, 0.2) is 0 Å². The Bertz CT molecular complexity index is 137. The molecule has 2 fully saturated rings. The van der Waals surface area contributed by atoms with E-state index in [2.05, 4.69) is 5.32 Å². The first-order valence-electron chi connectivity index (χ1n) is 5.77. The van der Waals surface area contributed by atoms with Gasteiger partial charge in [0.15, 0.2) is 0 Å². The van der Waals surface area contributed by atoms with Gasteiger partial charge in [-0.15, -0.1) is 0 Å². The third kappa shape index (κ3) is 2.96. The summed E-state index contributed by atoms with van der Waals surface area (Å²) in [5.41, 5.74) is 0. The molecule has 1 atom stereocenters. The molecule has 13 heavy (non-hydrogen) atoms. The molecule has 1 aliphatic heterocycles. The molecule has 0 amide bonds. The molecule has 0 aromatic heterocycles. The van der Waals surface area contributed by atoms with Crippen LogP contribution in [0.3, 0.4) is 0 Å². The van der Waals surface area contributed by atoms with Crippen LogP contribution in [0.1, 0.15) is 38.5 Å². The quantitative estimate of drug-likeness (QED) is 0.722. The second-order valence-corrected chi connectivity index (χ2v) is 4.45. The minimum absolute atomic E-state index is 0.509. The summed E-state index contributed by atoms with van der Waals surface area (Å²) in [6, 6.07) is 0. The van der Waals surface area contributed by atoms with E-state index in [0.29, 0.717) is 6.10 Å². The number of hydrogen-bond acceptors (Lipinski definition) is 2. The predicted molar refractivity (Wildman–Crippen MR) is 53.8 cm³/mol. The van der Waals surface area contributed by atoms with E-state index < -0.39 is 0 Å². The first-order valence-corrected chi connectivity index (χ1v) is 5.77. The van der Waals surface area contributed by atoms with Crippen LogP contribution in [0.2, 0.25) is 0 Å². The molecule has 1 aliphatic carbocycles. The molecule has 2 nitrogen and oxygen atoms in total. The molecule has 76 valence electrons. The molecule has 0 radical (unpaired) electrons. The Morgan fingerprint density at radius 1 is 1.08 bits per heavy atom. The van der Waals surface area contributed by atoms with Crippen LogP contribution in [0, 0.1) is 5.92 Å². The topological polar surface area (TPSA) is 21.3 Å². The minimum Gasteiger partial charge on any atom is -0.377 e. The molecular formula is C11H21NO. The summed E-state index contributed by atoms with van der Waals surface area (Å²) < 4.78 is 5.90. The molecule has 2 heteroatoms. The van der Waals surface area contributed by atoms with Crippen molar-refractivity contribution in [2.45, 2.75) is 44.6 Å². The zero-order valence-electron chi connectivity index (χ0n) is 8.43. The van der Waals surface area contributed by atoms with E-state index in [1.807, 2.05) is 0 Å². The van der Waals surface area contributed by atoms with Gasteiger partial charge in [0.05, 0.1) is 6.10 Å². The Balaban J connectivity index is 1.60. The molecule has 2 rings (SSSR count). The fourth-order valence-electron chi connectivity index (χ4n) is 2.41. The fraction of sp³-hybridized carbons (Fsp3) is 1.00. The Morgan fingerprint density at radius 2 is 1.92 bits per heavy atom. The number of ether oxygens (including phenoxy) is 1. The van der Waals surface area contributed by atoms with Crippen molar-refractivity contribution in [1.82, 2.24) is 5.32 Å². The average molecular weight is 183 g/mol. The summed E-state index contributed by atoms with van der Waals surface area (Å²) in [6.45, 7) is 3.28. The van der Waals surface area contributed by atoms with Crippen LogP contribution < -0.4 is 5.32 Å². The highest BCUT2D eigenvalue weighted by Crippen LogP contribution is 2.25. The van der Waals surface area contributed by atoms with Crippen molar-refractivity contribution < 1.29 is 4.74 Å². The second kappa shape index (κ2) is 4.97. The molecule has 0 unspecified atom stereocenters. The first kappa shape index (κ1) is 9.47. The van der Waals surface area contributed by atoms with Gasteiger partial charge in [0, 0.05) is 13.2 Å². The number of rotatable bonds is 3. The summed E-state index contributed by atoms with van der Waals surface area (Å²) in [7, 11) is 0. The highest BCUT2D eigenvalue weighted by atomic mass is 16.5. The SMILES string of the molecule is C1CCC(CO[C@H]2CCCNC2)C1. The zero-order valence-corrected chi connectivity index (χ0v) is 8.43. The van der Waals surface area contributed by atoms with Crippen LogP contribution >= 0.6 is 0 Å². The van der Waals surface area contributed by atoms with Gasteiger partial charge in [0.2, 0.25) is 0 Å². The molecule has 0 bridgehead atoms. The lowest BCUT2D eigenvalue weighted by molar-refractivity contribution is 0.0167. The zero-order chi connectivity index (χ0) is 8.93. The van der Waals surface area contributed by atoms with E-state index in [-0.39, 0.29) is 0 Å². The van der Waals surface area contributed by atoms with Gasteiger partial charge >= 0.3 is 0 Å². The predicted octanol–water partition coefficient (Wildman–Crippen LogP) is 1.95. The highest BCUT2D eigenvalue weighted by Gasteiger charge is 2.18. The van der Waals surface area contributed by atoms with Crippen LogP contribution in [0.4, 0.5) is 0 Å². The van der Waals surface area contributed by atoms with E-state index in [1.54, 1.807) is 0 Å². The monoisotopic (exact) mass is 183 g/mol. The van der Waals surface area contributed by atoms with Gasteiger partial charge in [-0.3, -0.25) is 0 Å². The van der Waals surface area contributed by atoms with Crippen LogP contribution in [-0.4, -0.2) is 25.8 Å². The van der Waals surface area contributed by atoms with Gasteiger partial charge in [-0.2, -0.15) is 0 Å². The van der Waals surface area contributed by atoms with E-state index in [9.17, 15) is 0 Å². The van der Waals surface area contributed by atoms with E-state index >= 15 is 0 Å². The molecule has 0 aromatic carbocycles. The smallest absolute Gasteiger partial charge is 0.0700 e. The van der Waals surface area contributed by atoms with Crippen molar-refractivity contribution in [2.75, 3.05) is 19.7 Å². The lowest BCUT2D eigenvalue weighted by atomic mass is 10.1. The van der Waals surface area contributed by atoms with Crippen molar-refractivity contribution in [3.8, 4) is 0 Å². The summed E-state index contributed by atoms with van der Waals surface area (Å²) >= 11 is 0. The molecule has 1 saturated heterocycles. The second-order valence-electron chi connectivity index (χ2n) is 4.45. The highest BCUT2D eigenvalue weighted by molar-refractivity contribution is 4.71. The third-order valence-corrected chi connectivity index (χ3v) is 3.29.